The molecule has 0 aliphatic rings. The van der Waals surface area contributed by atoms with Gasteiger partial charge in [0, 0.05) is 18.3 Å². The SMILES string of the molecule is Cn1nnnc1-c1cccc(NS(=O)(=O)CC(=O)O)c1. The van der Waals surface area contributed by atoms with E-state index < -0.39 is 21.7 Å². The van der Waals surface area contributed by atoms with E-state index >= 15 is 0 Å². The number of aromatic nitrogens is 4. The van der Waals surface area contributed by atoms with E-state index in [0.717, 1.165) is 0 Å². The van der Waals surface area contributed by atoms with Crippen molar-refractivity contribution in [2.45, 2.75) is 0 Å². The van der Waals surface area contributed by atoms with Crippen LogP contribution in [0, 0.1) is 0 Å². The molecule has 0 atom stereocenters. The lowest BCUT2D eigenvalue weighted by Gasteiger charge is -2.07. The molecule has 0 radical (unpaired) electrons. The number of aliphatic carboxylic acids is 1. The molecule has 0 amide bonds. The number of aryl methyl sites for hydroxylation is 1. The van der Waals surface area contributed by atoms with Crippen molar-refractivity contribution in [3.8, 4) is 11.4 Å². The fourth-order valence-corrected chi connectivity index (χ4v) is 2.46. The van der Waals surface area contributed by atoms with Crippen LogP contribution in [0.25, 0.3) is 11.4 Å². The molecule has 1 aromatic heterocycles. The molecule has 20 heavy (non-hydrogen) atoms. The molecule has 2 rings (SSSR count). The van der Waals surface area contributed by atoms with Crippen molar-refractivity contribution in [3.05, 3.63) is 24.3 Å². The topological polar surface area (TPSA) is 127 Å². The highest BCUT2D eigenvalue weighted by molar-refractivity contribution is 7.93. The maximum Gasteiger partial charge on any atom is 0.320 e. The summed E-state index contributed by atoms with van der Waals surface area (Å²) in [7, 11) is -2.29. The first-order valence-corrected chi connectivity index (χ1v) is 7.08. The van der Waals surface area contributed by atoms with E-state index in [0.29, 0.717) is 11.4 Å². The Bertz CT molecular complexity index is 740. The van der Waals surface area contributed by atoms with Crippen LogP contribution in [0.2, 0.25) is 0 Å². The molecule has 1 aromatic carbocycles. The minimum atomic E-state index is -3.94. The summed E-state index contributed by atoms with van der Waals surface area (Å²) in [5, 5.41) is 19.5. The summed E-state index contributed by atoms with van der Waals surface area (Å²) in [6.45, 7) is 0. The van der Waals surface area contributed by atoms with Gasteiger partial charge in [-0.3, -0.25) is 9.52 Å². The zero-order valence-corrected chi connectivity index (χ0v) is 11.2. The summed E-state index contributed by atoms with van der Waals surface area (Å²) in [6, 6.07) is 6.35. The van der Waals surface area contributed by atoms with Crippen molar-refractivity contribution in [2.24, 2.45) is 7.05 Å². The molecule has 2 N–H and O–H groups in total. The first kappa shape index (κ1) is 13.9. The van der Waals surface area contributed by atoms with Crippen molar-refractivity contribution >= 4 is 21.7 Å². The van der Waals surface area contributed by atoms with Gasteiger partial charge in [-0.15, -0.1) is 5.10 Å². The molecule has 9 nitrogen and oxygen atoms in total. The van der Waals surface area contributed by atoms with Crippen LogP contribution in [0.1, 0.15) is 0 Å². The fourth-order valence-electron chi connectivity index (χ4n) is 1.57. The van der Waals surface area contributed by atoms with Crippen LogP contribution in [0.4, 0.5) is 5.69 Å². The highest BCUT2D eigenvalue weighted by Crippen LogP contribution is 2.20. The van der Waals surface area contributed by atoms with Gasteiger partial charge in [0.2, 0.25) is 10.0 Å². The summed E-state index contributed by atoms with van der Waals surface area (Å²) in [6.07, 6.45) is 0. The van der Waals surface area contributed by atoms with Gasteiger partial charge < -0.3 is 5.11 Å². The number of carboxylic acids is 1. The number of anilines is 1. The van der Waals surface area contributed by atoms with E-state index in [9.17, 15) is 13.2 Å². The minimum Gasteiger partial charge on any atom is -0.480 e. The molecule has 0 aliphatic carbocycles. The van der Waals surface area contributed by atoms with Gasteiger partial charge in [-0.1, -0.05) is 12.1 Å². The van der Waals surface area contributed by atoms with Crippen molar-refractivity contribution in [1.29, 1.82) is 0 Å². The molecule has 0 aliphatic heterocycles. The second kappa shape index (κ2) is 5.25. The molecule has 1 heterocycles. The average molecular weight is 297 g/mol. The van der Waals surface area contributed by atoms with Gasteiger partial charge in [0.05, 0.1) is 0 Å². The van der Waals surface area contributed by atoms with Crippen molar-refractivity contribution in [1.82, 2.24) is 20.2 Å². The predicted octanol–water partition coefficient (Wildman–Crippen LogP) is -0.297. The van der Waals surface area contributed by atoms with Gasteiger partial charge >= 0.3 is 5.97 Å². The van der Waals surface area contributed by atoms with Crippen LogP contribution in [0.3, 0.4) is 0 Å². The number of carbonyl (C=O) groups is 1. The van der Waals surface area contributed by atoms with E-state index in [2.05, 4.69) is 20.2 Å². The number of nitrogens with zero attached hydrogens (tertiary/aromatic N) is 4. The monoisotopic (exact) mass is 297 g/mol. The maximum atomic E-state index is 11.5. The first-order chi connectivity index (χ1) is 9.37. The van der Waals surface area contributed by atoms with E-state index in [1.54, 1.807) is 19.2 Å². The number of hydrogen-bond donors (Lipinski definition) is 2. The molecular weight excluding hydrogens is 286 g/mol. The zero-order valence-electron chi connectivity index (χ0n) is 10.4. The number of sulfonamides is 1. The molecule has 10 heteroatoms. The van der Waals surface area contributed by atoms with Crippen molar-refractivity contribution < 1.29 is 18.3 Å². The summed E-state index contributed by atoms with van der Waals surface area (Å²) >= 11 is 0. The van der Waals surface area contributed by atoms with E-state index in [-0.39, 0.29) is 5.69 Å². The highest BCUT2D eigenvalue weighted by atomic mass is 32.2. The van der Waals surface area contributed by atoms with E-state index in [1.165, 1.54) is 16.8 Å². The Balaban J connectivity index is 2.27. The van der Waals surface area contributed by atoms with Crippen LogP contribution < -0.4 is 4.72 Å². The minimum absolute atomic E-state index is 0.242. The van der Waals surface area contributed by atoms with Crippen LogP contribution in [0.5, 0.6) is 0 Å². The van der Waals surface area contributed by atoms with Gasteiger partial charge in [0.1, 0.15) is 0 Å². The molecule has 2 aromatic rings. The third-order valence-corrected chi connectivity index (χ3v) is 3.50. The van der Waals surface area contributed by atoms with E-state index in [4.69, 9.17) is 5.11 Å². The lowest BCUT2D eigenvalue weighted by atomic mass is 10.2. The molecule has 0 fully saturated rings. The molecular formula is C10H11N5O4S. The number of rotatable bonds is 5. The molecule has 0 bridgehead atoms. The molecule has 0 saturated carbocycles. The van der Waals surface area contributed by atoms with E-state index in [1.807, 2.05) is 0 Å². The largest absolute Gasteiger partial charge is 0.480 e. The summed E-state index contributed by atoms with van der Waals surface area (Å²) in [4.78, 5) is 10.5. The Morgan fingerprint density at radius 1 is 1.45 bits per heavy atom. The highest BCUT2D eigenvalue weighted by Gasteiger charge is 2.16. The third kappa shape index (κ3) is 3.29. The van der Waals surface area contributed by atoms with Crippen LogP contribution in [-0.2, 0) is 21.9 Å². The maximum absolute atomic E-state index is 11.5. The van der Waals surface area contributed by atoms with Gasteiger partial charge in [-0.05, 0) is 22.6 Å². The molecule has 0 spiro atoms. The molecule has 0 unspecified atom stereocenters. The van der Waals surface area contributed by atoms with Gasteiger partial charge in [-0.2, -0.15) is 0 Å². The fraction of sp³-hybridized carbons (Fsp3) is 0.200. The number of hydrogen-bond acceptors (Lipinski definition) is 6. The molecule has 106 valence electrons. The number of benzene rings is 1. The Morgan fingerprint density at radius 2 is 2.20 bits per heavy atom. The van der Waals surface area contributed by atoms with Gasteiger partial charge in [0.15, 0.2) is 11.6 Å². The summed E-state index contributed by atoms with van der Waals surface area (Å²) < 4.78 is 26.7. The third-order valence-electron chi connectivity index (χ3n) is 2.33. The Labute approximate surface area is 114 Å². The van der Waals surface area contributed by atoms with Crippen molar-refractivity contribution in [3.63, 3.8) is 0 Å². The van der Waals surface area contributed by atoms with Crippen molar-refractivity contribution in [2.75, 3.05) is 10.5 Å². The lowest BCUT2D eigenvalue weighted by molar-refractivity contribution is -0.134. The second-order valence-electron chi connectivity index (χ2n) is 3.96. The van der Waals surface area contributed by atoms with Crippen LogP contribution >= 0.6 is 0 Å². The molecule has 0 saturated heterocycles. The number of nitrogens with one attached hydrogen (secondary N) is 1. The predicted molar refractivity (Wildman–Crippen MR) is 69.3 cm³/mol. The summed E-state index contributed by atoms with van der Waals surface area (Å²) in [5.74, 6) is -1.96. The normalized spacial score (nSPS) is 11.2. The Kier molecular flexibility index (Phi) is 3.66. The zero-order chi connectivity index (χ0) is 14.8. The van der Waals surface area contributed by atoms with Crippen LogP contribution in [0.15, 0.2) is 24.3 Å². The second-order valence-corrected chi connectivity index (χ2v) is 5.68. The van der Waals surface area contributed by atoms with Gasteiger partial charge in [0.25, 0.3) is 0 Å². The lowest BCUT2D eigenvalue weighted by Crippen LogP contribution is -2.22. The number of tetrazole rings is 1. The Morgan fingerprint density at radius 3 is 2.80 bits per heavy atom. The summed E-state index contributed by atoms with van der Waals surface area (Å²) in [5.41, 5.74) is 0.847. The number of carboxylic acid groups (broad SMARTS) is 1. The Hall–Kier alpha value is -2.49. The average Bonchev–Trinajstić information content (AvgIpc) is 2.73. The standard InChI is InChI=1S/C10H11N5O4S/c1-15-10(11-13-14-15)7-3-2-4-8(5-7)12-20(18,19)6-9(16)17/h2-5,12H,6H2,1H3,(H,16,17). The quantitative estimate of drug-likeness (QED) is 0.775. The van der Waals surface area contributed by atoms with Crippen LogP contribution in [-0.4, -0.2) is 45.5 Å². The van der Waals surface area contributed by atoms with Gasteiger partial charge in [-0.25, -0.2) is 13.1 Å². The first-order valence-electron chi connectivity index (χ1n) is 5.42. The smallest absolute Gasteiger partial charge is 0.320 e.